The summed E-state index contributed by atoms with van der Waals surface area (Å²) in [4.78, 5) is 25.1. The predicted molar refractivity (Wildman–Crippen MR) is 115 cm³/mol. The monoisotopic (exact) mass is 430 g/mol. The molecule has 0 radical (unpaired) electrons. The lowest BCUT2D eigenvalue weighted by Gasteiger charge is -2.25. The van der Waals surface area contributed by atoms with Gasteiger partial charge < -0.3 is 9.64 Å². The maximum Gasteiger partial charge on any atom is 0.312 e. The van der Waals surface area contributed by atoms with E-state index in [0.29, 0.717) is 29.3 Å². The quantitative estimate of drug-likeness (QED) is 0.381. The number of hydrazone groups is 1. The van der Waals surface area contributed by atoms with E-state index < -0.39 is 4.92 Å². The normalized spacial score (nSPS) is 14.6. The minimum atomic E-state index is -0.541. The molecule has 2 aromatic rings. The number of nitrogens with zero attached hydrogens (tertiary/aromatic N) is 3. The molecule has 0 saturated carbocycles. The molecule has 8 nitrogen and oxygen atoms in total. The fraction of sp³-hybridized carbons (Fsp3) is 0.333. The summed E-state index contributed by atoms with van der Waals surface area (Å²) in [5.74, 6) is 0.200. The molecule has 1 fully saturated rings. The summed E-state index contributed by atoms with van der Waals surface area (Å²) in [6.07, 6.45) is 5.33. The fourth-order valence-electron chi connectivity index (χ4n) is 3.17. The first-order chi connectivity index (χ1) is 14.5. The van der Waals surface area contributed by atoms with Crippen molar-refractivity contribution in [1.82, 2.24) is 10.3 Å². The lowest BCUT2D eigenvalue weighted by Crippen LogP contribution is -2.33. The van der Waals surface area contributed by atoms with Gasteiger partial charge in [-0.05, 0) is 50.2 Å². The number of rotatable bonds is 8. The molecule has 1 amide bonds. The number of carbonyl (C=O) groups is 1. The molecule has 0 unspecified atom stereocenters. The zero-order valence-corrected chi connectivity index (χ0v) is 17.2. The van der Waals surface area contributed by atoms with Crippen LogP contribution in [0.5, 0.6) is 11.5 Å². The lowest BCUT2D eigenvalue weighted by atomic mass is 10.1. The van der Waals surface area contributed by atoms with Crippen LogP contribution in [0.2, 0.25) is 5.02 Å². The molecule has 1 N–H and O–H groups in total. The second-order valence-corrected chi connectivity index (χ2v) is 7.37. The van der Waals surface area contributed by atoms with Gasteiger partial charge in [-0.3, -0.25) is 14.9 Å². The van der Waals surface area contributed by atoms with Crippen LogP contribution in [-0.4, -0.2) is 41.6 Å². The third kappa shape index (κ3) is 6.27. The Morgan fingerprint density at radius 1 is 1.20 bits per heavy atom. The van der Waals surface area contributed by atoms with Gasteiger partial charge in [0.1, 0.15) is 5.75 Å². The summed E-state index contributed by atoms with van der Waals surface area (Å²) >= 11 is 6.05. The summed E-state index contributed by atoms with van der Waals surface area (Å²) in [5, 5.41) is 15.7. The summed E-state index contributed by atoms with van der Waals surface area (Å²) in [6, 6.07) is 11.1. The Bertz CT molecular complexity index is 929. The molecule has 1 aliphatic heterocycles. The highest BCUT2D eigenvalue weighted by atomic mass is 35.5. The zero-order valence-electron chi connectivity index (χ0n) is 16.4. The first kappa shape index (κ1) is 21.7. The van der Waals surface area contributed by atoms with E-state index in [9.17, 15) is 14.9 Å². The van der Waals surface area contributed by atoms with Gasteiger partial charge in [0, 0.05) is 24.6 Å². The third-order valence-corrected chi connectivity index (χ3v) is 5.06. The van der Waals surface area contributed by atoms with Crippen LogP contribution in [-0.2, 0) is 4.79 Å². The molecule has 1 saturated heterocycles. The number of likely N-dealkylation sites (tertiary alicyclic amines) is 1. The maximum absolute atomic E-state index is 11.9. The Labute approximate surface area is 179 Å². The van der Waals surface area contributed by atoms with Crippen molar-refractivity contribution in [3.63, 3.8) is 0 Å². The van der Waals surface area contributed by atoms with Crippen LogP contribution in [0, 0.1) is 10.1 Å². The van der Waals surface area contributed by atoms with Crippen molar-refractivity contribution < 1.29 is 14.5 Å². The highest BCUT2D eigenvalue weighted by Gasteiger charge is 2.17. The molecule has 3 rings (SSSR count). The Morgan fingerprint density at radius 2 is 1.97 bits per heavy atom. The second-order valence-electron chi connectivity index (χ2n) is 6.96. The van der Waals surface area contributed by atoms with Crippen LogP contribution in [0.3, 0.4) is 0 Å². The number of ether oxygens (including phenoxy) is 1. The van der Waals surface area contributed by atoms with E-state index in [4.69, 9.17) is 16.3 Å². The molecule has 30 heavy (non-hydrogen) atoms. The van der Waals surface area contributed by atoms with Gasteiger partial charge in [-0.2, -0.15) is 5.10 Å². The van der Waals surface area contributed by atoms with Crippen molar-refractivity contribution in [2.24, 2.45) is 5.10 Å². The van der Waals surface area contributed by atoms with Crippen LogP contribution in [0.1, 0.15) is 31.2 Å². The molecule has 158 valence electrons. The van der Waals surface area contributed by atoms with E-state index in [2.05, 4.69) is 15.4 Å². The fourth-order valence-corrected chi connectivity index (χ4v) is 3.34. The Balaban J connectivity index is 1.59. The summed E-state index contributed by atoms with van der Waals surface area (Å²) in [7, 11) is 0. The van der Waals surface area contributed by atoms with Gasteiger partial charge >= 0.3 is 5.69 Å². The van der Waals surface area contributed by atoms with E-state index in [0.717, 1.165) is 13.1 Å². The van der Waals surface area contributed by atoms with Gasteiger partial charge in [-0.15, -0.1) is 0 Å². The van der Waals surface area contributed by atoms with E-state index in [-0.39, 0.29) is 17.3 Å². The molecule has 1 heterocycles. The molecule has 2 aromatic carbocycles. The van der Waals surface area contributed by atoms with Crippen LogP contribution in [0.15, 0.2) is 47.6 Å². The molecule has 9 heteroatoms. The molecular formula is C21H23ClN4O4. The minimum absolute atomic E-state index is 0.0656. The zero-order chi connectivity index (χ0) is 21.3. The largest absolute Gasteiger partial charge is 0.449 e. The number of hydrogen-bond acceptors (Lipinski definition) is 6. The first-order valence-corrected chi connectivity index (χ1v) is 10.2. The van der Waals surface area contributed by atoms with Crippen molar-refractivity contribution in [3.05, 3.63) is 63.2 Å². The van der Waals surface area contributed by atoms with Crippen LogP contribution in [0.4, 0.5) is 5.69 Å². The number of nitrogens with one attached hydrogen (secondary N) is 1. The number of nitro benzene ring substituents is 1. The van der Waals surface area contributed by atoms with Crippen molar-refractivity contribution in [1.29, 1.82) is 0 Å². The first-order valence-electron chi connectivity index (χ1n) is 9.78. The third-order valence-electron chi connectivity index (χ3n) is 4.74. The van der Waals surface area contributed by atoms with Gasteiger partial charge in [0.05, 0.1) is 16.2 Å². The average Bonchev–Trinajstić information content (AvgIpc) is 2.75. The number of halogens is 1. The highest BCUT2D eigenvalue weighted by molar-refractivity contribution is 6.32. The lowest BCUT2D eigenvalue weighted by molar-refractivity contribution is -0.385. The number of nitro groups is 1. The van der Waals surface area contributed by atoms with E-state index in [1.165, 1.54) is 37.6 Å². The number of benzene rings is 2. The highest BCUT2D eigenvalue weighted by Crippen LogP contribution is 2.35. The number of amides is 1. The number of carbonyl (C=O) groups excluding carboxylic acids is 1. The molecular weight excluding hydrogens is 408 g/mol. The minimum Gasteiger partial charge on any atom is -0.449 e. The van der Waals surface area contributed by atoms with E-state index >= 15 is 0 Å². The van der Waals surface area contributed by atoms with Gasteiger partial charge in [0.15, 0.2) is 0 Å². The van der Waals surface area contributed by atoms with Gasteiger partial charge in [-0.25, -0.2) is 5.43 Å². The predicted octanol–water partition coefficient (Wildman–Crippen LogP) is 4.37. The maximum atomic E-state index is 11.9. The molecule has 0 aliphatic carbocycles. The van der Waals surface area contributed by atoms with Crippen LogP contribution in [0.25, 0.3) is 0 Å². The summed E-state index contributed by atoms with van der Waals surface area (Å²) < 4.78 is 5.60. The smallest absolute Gasteiger partial charge is 0.312 e. The number of para-hydroxylation sites is 1. The van der Waals surface area contributed by atoms with E-state index in [1.54, 1.807) is 30.3 Å². The summed E-state index contributed by atoms with van der Waals surface area (Å²) in [6.45, 7) is 2.77. The van der Waals surface area contributed by atoms with Gasteiger partial charge in [0.2, 0.25) is 11.7 Å². The molecule has 1 aliphatic rings. The molecule has 0 aromatic heterocycles. The second kappa shape index (κ2) is 10.7. The van der Waals surface area contributed by atoms with E-state index in [1.807, 2.05) is 0 Å². The standard InChI is InChI=1S/C21H23ClN4O4/c22-17-6-2-3-7-19(17)30-20-9-8-16(14-18(20)26(28)29)15-23-24-21(27)10-13-25-11-4-1-5-12-25/h2-3,6-9,14-15H,1,4-5,10-13H2,(H,24,27)/b23-15+. The number of hydrogen-bond donors (Lipinski definition) is 1. The molecule has 0 atom stereocenters. The average molecular weight is 431 g/mol. The van der Waals surface area contributed by atoms with Crippen molar-refractivity contribution >= 4 is 29.4 Å². The number of piperidine rings is 1. The van der Waals surface area contributed by atoms with Crippen LogP contribution >= 0.6 is 11.6 Å². The van der Waals surface area contributed by atoms with Gasteiger partial charge in [-0.1, -0.05) is 30.2 Å². The van der Waals surface area contributed by atoms with Gasteiger partial charge in [0.25, 0.3) is 0 Å². The van der Waals surface area contributed by atoms with Crippen LogP contribution < -0.4 is 10.2 Å². The topological polar surface area (TPSA) is 97.1 Å². The van der Waals surface area contributed by atoms with Crippen molar-refractivity contribution in [2.45, 2.75) is 25.7 Å². The Hall–Kier alpha value is -2.97. The SMILES string of the molecule is O=C(CCN1CCCCC1)N/N=C/c1ccc(Oc2ccccc2Cl)c([N+](=O)[O-])c1. The van der Waals surface area contributed by atoms with Crippen molar-refractivity contribution in [2.75, 3.05) is 19.6 Å². The molecule has 0 spiro atoms. The van der Waals surface area contributed by atoms with Crippen molar-refractivity contribution in [3.8, 4) is 11.5 Å². The Kier molecular flexibility index (Phi) is 7.75. The molecule has 0 bridgehead atoms. The Morgan fingerprint density at radius 3 is 2.70 bits per heavy atom. The summed E-state index contributed by atoms with van der Waals surface area (Å²) in [5.41, 5.74) is 2.70.